The van der Waals surface area contributed by atoms with E-state index in [1.807, 2.05) is 30.3 Å². The van der Waals surface area contributed by atoms with E-state index in [1.165, 1.54) is 0 Å². The van der Waals surface area contributed by atoms with Crippen LogP contribution in [0.25, 0.3) is 0 Å². The van der Waals surface area contributed by atoms with E-state index in [-0.39, 0.29) is 0 Å². The summed E-state index contributed by atoms with van der Waals surface area (Å²) in [6, 6.07) is 11.4. The van der Waals surface area contributed by atoms with Gasteiger partial charge in [-0.3, -0.25) is 0 Å². The Hall–Kier alpha value is -2.01. The van der Waals surface area contributed by atoms with Gasteiger partial charge < -0.3 is 19.3 Å². The maximum Gasteiger partial charge on any atom is 0.254 e. The molecule has 2 aromatic rings. The van der Waals surface area contributed by atoms with Crippen LogP contribution in [0.15, 0.2) is 40.9 Å². The first-order valence-electron chi connectivity index (χ1n) is 6.87. The van der Waals surface area contributed by atoms with Crippen LogP contribution in [-0.2, 0) is 6.61 Å². The lowest BCUT2D eigenvalue weighted by Gasteiger charge is -2.07. The van der Waals surface area contributed by atoms with Gasteiger partial charge in [0.2, 0.25) is 0 Å². The minimum absolute atomic E-state index is 0.353. The average Bonchev–Trinajstić information content (AvgIpc) is 3.16. The SMILES string of the molecule is c1ccc(OCc2cc(OCC3CCNC3)no2)cc1. The number of hydrogen-bond acceptors (Lipinski definition) is 5. The molecule has 5 heteroatoms. The van der Waals surface area contributed by atoms with E-state index < -0.39 is 0 Å². The number of benzene rings is 1. The first kappa shape index (κ1) is 13.0. The van der Waals surface area contributed by atoms with Crippen molar-refractivity contribution in [3.63, 3.8) is 0 Å². The Morgan fingerprint density at radius 3 is 2.95 bits per heavy atom. The molecule has 1 aliphatic heterocycles. The number of aromatic nitrogens is 1. The average molecular weight is 274 g/mol. The molecular weight excluding hydrogens is 256 g/mol. The number of hydrogen-bond donors (Lipinski definition) is 1. The van der Waals surface area contributed by atoms with E-state index in [4.69, 9.17) is 14.0 Å². The highest BCUT2D eigenvalue weighted by Gasteiger charge is 2.16. The molecule has 1 aliphatic rings. The summed E-state index contributed by atoms with van der Waals surface area (Å²) >= 11 is 0. The highest BCUT2D eigenvalue weighted by atomic mass is 16.5. The van der Waals surface area contributed by atoms with E-state index in [2.05, 4.69) is 10.5 Å². The molecule has 1 atom stereocenters. The molecule has 1 fully saturated rings. The van der Waals surface area contributed by atoms with Crippen molar-refractivity contribution in [1.82, 2.24) is 10.5 Å². The molecule has 1 N–H and O–H groups in total. The van der Waals surface area contributed by atoms with E-state index in [9.17, 15) is 0 Å². The second-order valence-electron chi connectivity index (χ2n) is 4.90. The van der Waals surface area contributed by atoms with Gasteiger partial charge in [0, 0.05) is 18.5 Å². The van der Waals surface area contributed by atoms with Crippen molar-refractivity contribution >= 4 is 0 Å². The number of nitrogens with zero attached hydrogens (tertiary/aromatic N) is 1. The number of ether oxygens (including phenoxy) is 2. The van der Waals surface area contributed by atoms with Crippen molar-refractivity contribution < 1.29 is 14.0 Å². The minimum Gasteiger partial charge on any atom is -0.486 e. The Labute approximate surface area is 117 Å². The molecule has 0 aliphatic carbocycles. The summed E-state index contributed by atoms with van der Waals surface area (Å²) in [4.78, 5) is 0. The maximum absolute atomic E-state index is 5.62. The zero-order valence-electron chi connectivity index (χ0n) is 11.2. The Bertz CT molecular complexity index is 521. The molecule has 0 bridgehead atoms. The normalized spacial score (nSPS) is 18.1. The van der Waals surface area contributed by atoms with Crippen molar-refractivity contribution in [1.29, 1.82) is 0 Å². The number of rotatable bonds is 6. The zero-order chi connectivity index (χ0) is 13.6. The lowest BCUT2D eigenvalue weighted by molar-refractivity contribution is 0.223. The molecule has 1 saturated heterocycles. The number of para-hydroxylation sites is 1. The van der Waals surface area contributed by atoms with Gasteiger partial charge >= 0.3 is 0 Å². The van der Waals surface area contributed by atoms with E-state index >= 15 is 0 Å². The zero-order valence-corrected chi connectivity index (χ0v) is 11.2. The first-order valence-corrected chi connectivity index (χ1v) is 6.87. The van der Waals surface area contributed by atoms with Gasteiger partial charge in [-0.25, -0.2) is 0 Å². The molecule has 1 unspecified atom stereocenters. The Morgan fingerprint density at radius 2 is 2.15 bits per heavy atom. The van der Waals surface area contributed by atoms with E-state index in [0.717, 1.165) is 25.3 Å². The molecule has 0 radical (unpaired) electrons. The van der Waals surface area contributed by atoms with Gasteiger partial charge in [-0.1, -0.05) is 18.2 Å². The van der Waals surface area contributed by atoms with Gasteiger partial charge in [0.25, 0.3) is 5.88 Å². The molecule has 20 heavy (non-hydrogen) atoms. The molecule has 1 aromatic heterocycles. The van der Waals surface area contributed by atoms with Crippen LogP contribution in [0.5, 0.6) is 11.6 Å². The fraction of sp³-hybridized carbons (Fsp3) is 0.400. The molecular formula is C15H18N2O3. The molecule has 0 spiro atoms. The molecule has 3 rings (SSSR count). The monoisotopic (exact) mass is 274 g/mol. The Morgan fingerprint density at radius 1 is 1.25 bits per heavy atom. The third-order valence-corrected chi connectivity index (χ3v) is 3.29. The minimum atomic E-state index is 0.353. The van der Waals surface area contributed by atoms with E-state index in [0.29, 0.717) is 30.8 Å². The summed E-state index contributed by atoms with van der Waals surface area (Å²) in [5.74, 6) is 2.57. The summed E-state index contributed by atoms with van der Waals surface area (Å²) < 4.78 is 16.4. The highest BCUT2D eigenvalue weighted by Crippen LogP contribution is 2.17. The van der Waals surface area contributed by atoms with Crippen molar-refractivity contribution in [3.05, 3.63) is 42.2 Å². The fourth-order valence-corrected chi connectivity index (χ4v) is 2.16. The second kappa shape index (κ2) is 6.43. The van der Waals surface area contributed by atoms with Crippen molar-refractivity contribution in [3.8, 4) is 11.6 Å². The molecule has 1 aromatic carbocycles. The lowest BCUT2D eigenvalue weighted by atomic mass is 10.1. The molecule has 0 saturated carbocycles. The first-order chi connectivity index (χ1) is 9.90. The number of nitrogens with one attached hydrogen (secondary N) is 1. The van der Waals surface area contributed by atoms with Crippen molar-refractivity contribution in [2.75, 3.05) is 19.7 Å². The summed E-state index contributed by atoms with van der Waals surface area (Å²) in [7, 11) is 0. The molecule has 106 valence electrons. The summed E-state index contributed by atoms with van der Waals surface area (Å²) in [6.45, 7) is 3.12. The Kier molecular flexibility index (Phi) is 4.18. The maximum atomic E-state index is 5.62. The largest absolute Gasteiger partial charge is 0.486 e. The van der Waals surface area contributed by atoms with Gasteiger partial charge in [-0.05, 0) is 30.3 Å². The Balaban J connectivity index is 1.46. The lowest BCUT2D eigenvalue weighted by Crippen LogP contribution is -2.15. The topological polar surface area (TPSA) is 56.5 Å². The van der Waals surface area contributed by atoms with Crippen molar-refractivity contribution in [2.24, 2.45) is 5.92 Å². The predicted octanol–water partition coefficient (Wildman–Crippen LogP) is 2.24. The van der Waals surface area contributed by atoms with Crippen molar-refractivity contribution in [2.45, 2.75) is 13.0 Å². The van der Waals surface area contributed by atoms with Gasteiger partial charge in [-0.2, -0.15) is 0 Å². The van der Waals surface area contributed by atoms with Gasteiger partial charge in [0.1, 0.15) is 12.4 Å². The molecule has 5 nitrogen and oxygen atoms in total. The summed E-state index contributed by atoms with van der Waals surface area (Å²) in [5.41, 5.74) is 0. The van der Waals surface area contributed by atoms with Gasteiger partial charge in [0.05, 0.1) is 6.61 Å². The second-order valence-corrected chi connectivity index (χ2v) is 4.90. The van der Waals surface area contributed by atoms with Gasteiger partial charge in [0.15, 0.2) is 5.76 Å². The van der Waals surface area contributed by atoms with Crippen LogP contribution in [0.2, 0.25) is 0 Å². The summed E-state index contributed by atoms with van der Waals surface area (Å²) in [5, 5.41) is 7.20. The quantitative estimate of drug-likeness (QED) is 0.875. The van der Waals surface area contributed by atoms with E-state index in [1.54, 1.807) is 6.07 Å². The fourth-order valence-electron chi connectivity index (χ4n) is 2.16. The summed E-state index contributed by atoms with van der Waals surface area (Å²) in [6.07, 6.45) is 1.15. The van der Waals surface area contributed by atoms with Crippen LogP contribution < -0.4 is 14.8 Å². The van der Waals surface area contributed by atoms with Crippen LogP contribution in [-0.4, -0.2) is 24.9 Å². The third kappa shape index (κ3) is 3.51. The van der Waals surface area contributed by atoms with Crippen LogP contribution in [0, 0.1) is 5.92 Å². The van der Waals surface area contributed by atoms with Crippen LogP contribution in [0.3, 0.4) is 0 Å². The molecule has 2 heterocycles. The van der Waals surface area contributed by atoms with Crippen LogP contribution in [0.1, 0.15) is 12.2 Å². The smallest absolute Gasteiger partial charge is 0.254 e. The standard InChI is InChI=1S/C15H18N2O3/c1-2-4-13(5-3-1)18-11-14-8-15(17-20-14)19-10-12-6-7-16-9-12/h1-5,8,12,16H,6-7,9-11H2. The highest BCUT2D eigenvalue weighted by molar-refractivity contribution is 5.21. The van der Waals surface area contributed by atoms with Crippen LogP contribution in [0.4, 0.5) is 0 Å². The predicted molar refractivity (Wildman–Crippen MR) is 73.7 cm³/mol. The third-order valence-electron chi connectivity index (χ3n) is 3.29. The molecule has 0 amide bonds. The van der Waals surface area contributed by atoms with Gasteiger partial charge in [-0.15, -0.1) is 0 Å². The van der Waals surface area contributed by atoms with Crippen LogP contribution >= 0.6 is 0 Å².